The van der Waals surface area contributed by atoms with Crippen molar-refractivity contribution in [1.82, 2.24) is 14.5 Å². The monoisotopic (exact) mass is 702 g/mol. The molecule has 3 aromatic carbocycles. The van der Waals surface area contributed by atoms with Crippen molar-refractivity contribution in [2.75, 3.05) is 30.2 Å². The van der Waals surface area contributed by atoms with Gasteiger partial charge in [-0.1, -0.05) is 48.5 Å². The van der Waals surface area contributed by atoms with Gasteiger partial charge < -0.3 is 25.4 Å². The summed E-state index contributed by atoms with van der Waals surface area (Å²) in [5, 5.41) is 8.92. The average Bonchev–Trinajstić information content (AvgIpc) is 3.10. The Morgan fingerprint density at radius 2 is 1.59 bits per heavy atom. The van der Waals surface area contributed by atoms with E-state index in [4.69, 9.17) is 32.7 Å². The number of pyridine rings is 1. The molecule has 11 nitrogen and oxygen atoms in total. The van der Waals surface area contributed by atoms with Crippen LogP contribution in [0.15, 0.2) is 84.8 Å². The van der Waals surface area contributed by atoms with Crippen molar-refractivity contribution in [3.8, 4) is 22.6 Å². The quantitative estimate of drug-likeness (QED) is 0.122. The van der Waals surface area contributed by atoms with Crippen LogP contribution in [0.1, 0.15) is 11.1 Å². The fraction of sp³-hybridized carbons (Fsp3) is 0.114. The summed E-state index contributed by atoms with van der Waals surface area (Å²) in [4.78, 5) is 47.4. The van der Waals surface area contributed by atoms with E-state index in [9.17, 15) is 18.8 Å². The summed E-state index contributed by atoms with van der Waals surface area (Å²) in [6.45, 7) is 8.47. The number of hydrogen-bond acceptors (Lipinski definition) is 8. The average molecular weight is 704 g/mol. The first kappa shape index (κ1) is 34.6. The second kappa shape index (κ2) is 14.6. The lowest BCUT2D eigenvalue weighted by Gasteiger charge is -2.18. The Morgan fingerprint density at radius 1 is 0.959 bits per heavy atom. The number of halogens is 3. The summed E-state index contributed by atoms with van der Waals surface area (Å²) in [5.41, 5.74) is 1.88. The molecule has 0 aliphatic carbocycles. The summed E-state index contributed by atoms with van der Waals surface area (Å²) in [6.07, 6.45) is 3.72. The number of carbonyl (C=O) groups is 2. The van der Waals surface area contributed by atoms with Gasteiger partial charge in [-0.2, -0.15) is 4.98 Å². The normalized spacial score (nSPS) is 10.7. The standard InChI is InChI=1S/C35H29Cl2FN6O5/c1-6-27(45)40-21-10-8-19(9-11-21)17-44-33-20(14-22(34(44)47)29-30(36)25(48-4)15-26(49-5)31(29)37)16-39-35(43-33)42-32-18(3)23(38)12-13-24(32)41-28(46)7-2/h6-16H,1-2,17H2,3-5H3,(H,40,45)(H,41,46)(H,39,42,43). The third kappa shape index (κ3) is 7.10. The Bertz CT molecular complexity index is 2180. The third-order valence-corrected chi connectivity index (χ3v) is 8.25. The lowest BCUT2D eigenvalue weighted by molar-refractivity contribution is -0.112. The third-order valence-electron chi connectivity index (χ3n) is 7.50. The van der Waals surface area contributed by atoms with E-state index in [2.05, 4.69) is 39.1 Å². The molecule has 0 atom stereocenters. The second-order valence-electron chi connectivity index (χ2n) is 10.5. The molecule has 2 amide bonds. The first-order valence-corrected chi connectivity index (χ1v) is 15.3. The molecule has 0 unspecified atom stereocenters. The van der Waals surface area contributed by atoms with E-state index in [0.29, 0.717) is 16.6 Å². The molecule has 0 radical (unpaired) electrons. The number of fused-ring (bicyclic) bond motifs is 1. The highest BCUT2D eigenvalue weighted by Gasteiger charge is 2.24. The number of rotatable bonds is 11. The molecular weight excluding hydrogens is 674 g/mol. The van der Waals surface area contributed by atoms with E-state index in [1.165, 1.54) is 50.1 Å². The van der Waals surface area contributed by atoms with Gasteiger partial charge in [-0.15, -0.1) is 0 Å². The van der Waals surface area contributed by atoms with E-state index >= 15 is 0 Å². The minimum atomic E-state index is -0.531. The number of aromatic nitrogens is 3. The van der Waals surface area contributed by atoms with Crippen molar-refractivity contribution >= 4 is 69.1 Å². The Labute approximate surface area is 290 Å². The molecule has 0 saturated heterocycles. The van der Waals surface area contributed by atoms with Gasteiger partial charge in [0.05, 0.1) is 47.7 Å². The van der Waals surface area contributed by atoms with E-state index < -0.39 is 17.3 Å². The maximum atomic E-state index is 14.7. The van der Waals surface area contributed by atoms with Crippen LogP contribution in [0.4, 0.5) is 27.4 Å². The Morgan fingerprint density at radius 3 is 2.20 bits per heavy atom. The van der Waals surface area contributed by atoms with Crippen molar-refractivity contribution in [3.05, 3.63) is 117 Å². The SMILES string of the molecule is C=CC(=O)Nc1ccc(Cn2c(=O)c(-c3c(Cl)c(OC)cc(OC)c3Cl)cc3cnc(Nc4c(NC(=O)C=C)ccc(F)c4C)nc32)cc1. The van der Waals surface area contributed by atoms with Gasteiger partial charge in [0.2, 0.25) is 17.8 Å². The van der Waals surface area contributed by atoms with E-state index in [-0.39, 0.29) is 73.7 Å². The molecule has 0 aliphatic rings. The number of ether oxygens (including phenoxy) is 2. The highest BCUT2D eigenvalue weighted by Crippen LogP contribution is 2.45. The van der Waals surface area contributed by atoms with E-state index in [1.54, 1.807) is 30.3 Å². The first-order chi connectivity index (χ1) is 23.5. The van der Waals surface area contributed by atoms with Crippen LogP contribution in [-0.2, 0) is 16.1 Å². The Hall–Kier alpha value is -5.72. The van der Waals surface area contributed by atoms with Gasteiger partial charge >= 0.3 is 0 Å². The highest BCUT2D eigenvalue weighted by molar-refractivity contribution is 6.41. The van der Waals surface area contributed by atoms with Crippen LogP contribution in [0, 0.1) is 12.7 Å². The van der Waals surface area contributed by atoms with E-state index in [0.717, 1.165) is 12.2 Å². The van der Waals surface area contributed by atoms with Crippen LogP contribution < -0.4 is 31.0 Å². The fourth-order valence-electron chi connectivity index (χ4n) is 4.98. The minimum absolute atomic E-state index is 0.0119. The maximum absolute atomic E-state index is 14.7. The number of hydrogen-bond donors (Lipinski definition) is 3. The van der Waals surface area contributed by atoms with Crippen LogP contribution >= 0.6 is 23.2 Å². The Balaban J connectivity index is 1.71. The maximum Gasteiger partial charge on any atom is 0.260 e. The number of carbonyl (C=O) groups excluding carboxylic acids is 2. The topological polar surface area (TPSA) is 136 Å². The number of nitrogens with one attached hydrogen (secondary N) is 3. The summed E-state index contributed by atoms with van der Waals surface area (Å²) in [7, 11) is 2.85. The molecule has 0 spiro atoms. The highest BCUT2D eigenvalue weighted by atomic mass is 35.5. The fourth-order valence-corrected chi connectivity index (χ4v) is 5.69. The molecule has 2 aromatic heterocycles. The van der Waals surface area contributed by atoms with Crippen molar-refractivity contribution < 1.29 is 23.5 Å². The van der Waals surface area contributed by atoms with E-state index in [1.807, 2.05) is 0 Å². The molecule has 5 aromatic rings. The lowest BCUT2D eigenvalue weighted by atomic mass is 10.0. The number of amides is 2. The molecule has 0 aliphatic heterocycles. The molecule has 0 bridgehead atoms. The van der Waals surface area contributed by atoms with Gasteiger partial charge in [-0.25, -0.2) is 9.37 Å². The van der Waals surface area contributed by atoms with Gasteiger partial charge in [-0.05, 0) is 55.0 Å². The molecular formula is C35H29Cl2FN6O5. The smallest absolute Gasteiger partial charge is 0.260 e. The van der Waals surface area contributed by atoms with Gasteiger partial charge in [0.1, 0.15) is 23.0 Å². The predicted molar refractivity (Wildman–Crippen MR) is 190 cm³/mol. The molecule has 250 valence electrons. The van der Waals surface area contributed by atoms with Gasteiger partial charge in [0.25, 0.3) is 5.56 Å². The van der Waals surface area contributed by atoms with Gasteiger partial charge in [0, 0.05) is 34.5 Å². The number of methoxy groups -OCH3 is 2. The summed E-state index contributed by atoms with van der Waals surface area (Å²) in [5.74, 6) is -0.919. The number of anilines is 4. The summed E-state index contributed by atoms with van der Waals surface area (Å²) < 4.78 is 26.9. The molecule has 2 heterocycles. The van der Waals surface area contributed by atoms with Crippen molar-refractivity contribution in [3.63, 3.8) is 0 Å². The zero-order valence-electron chi connectivity index (χ0n) is 26.5. The van der Waals surface area contributed by atoms with Crippen molar-refractivity contribution in [2.24, 2.45) is 0 Å². The van der Waals surface area contributed by atoms with Crippen molar-refractivity contribution in [1.29, 1.82) is 0 Å². The van der Waals surface area contributed by atoms with Crippen molar-refractivity contribution in [2.45, 2.75) is 13.5 Å². The lowest BCUT2D eigenvalue weighted by Crippen LogP contribution is -2.24. The predicted octanol–water partition coefficient (Wildman–Crippen LogP) is 7.27. The minimum Gasteiger partial charge on any atom is -0.495 e. The molecule has 5 rings (SSSR count). The first-order valence-electron chi connectivity index (χ1n) is 14.5. The van der Waals surface area contributed by atoms with Crippen LogP contribution in [0.2, 0.25) is 10.0 Å². The largest absolute Gasteiger partial charge is 0.495 e. The Kier molecular flexibility index (Phi) is 10.3. The second-order valence-corrected chi connectivity index (χ2v) is 11.3. The molecule has 14 heteroatoms. The van der Waals surface area contributed by atoms with Gasteiger partial charge in [0.15, 0.2) is 0 Å². The van der Waals surface area contributed by atoms with Crippen LogP contribution in [0.3, 0.4) is 0 Å². The zero-order valence-corrected chi connectivity index (χ0v) is 28.0. The number of benzene rings is 3. The molecule has 0 fully saturated rings. The van der Waals surface area contributed by atoms with Gasteiger partial charge in [-0.3, -0.25) is 19.0 Å². The number of nitrogens with zero attached hydrogens (tertiary/aromatic N) is 3. The summed E-state index contributed by atoms with van der Waals surface area (Å²) in [6, 6.07) is 12.5. The van der Waals surface area contributed by atoms with Crippen LogP contribution in [0.5, 0.6) is 11.5 Å². The molecule has 0 saturated carbocycles. The zero-order chi connectivity index (χ0) is 35.4. The van der Waals surface area contributed by atoms with Crippen LogP contribution in [-0.4, -0.2) is 40.6 Å². The summed E-state index contributed by atoms with van der Waals surface area (Å²) >= 11 is 13.5. The molecule has 3 N–H and O–H groups in total. The van der Waals surface area contributed by atoms with Crippen LogP contribution in [0.25, 0.3) is 22.2 Å². The molecule has 49 heavy (non-hydrogen) atoms.